The van der Waals surface area contributed by atoms with Crippen molar-refractivity contribution in [1.29, 1.82) is 0 Å². The van der Waals surface area contributed by atoms with E-state index >= 15 is 0 Å². The Morgan fingerprint density at radius 2 is 2.09 bits per heavy atom. The van der Waals surface area contributed by atoms with Gasteiger partial charge in [0.05, 0.1) is 23.7 Å². The van der Waals surface area contributed by atoms with Crippen molar-refractivity contribution < 1.29 is 14.3 Å². The van der Waals surface area contributed by atoms with Crippen LogP contribution in [-0.2, 0) is 16.1 Å². The number of nitrogens with one attached hydrogen (secondary N) is 1. The highest BCUT2D eigenvalue weighted by molar-refractivity contribution is 5.81. The summed E-state index contributed by atoms with van der Waals surface area (Å²) in [7, 11) is 0. The molecule has 6 nitrogen and oxygen atoms in total. The SMILES string of the molecule is Cc1ccc(OCCCCn2c(C(C)NC(=O)C3CCCO3)nc3ccccc32)c(C)c1. The number of hydrogen-bond acceptors (Lipinski definition) is 4. The quantitative estimate of drug-likeness (QED) is 0.487. The van der Waals surface area contributed by atoms with Gasteiger partial charge in [0.25, 0.3) is 0 Å². The monoisotopic (exact) mass is 435 g/mol. The van der Waals surface area contributed by atoms with Crippen molar-refractivity contribution in [2.75, 3.05) is 13.2 Å². The Morgan fingerprint density at radius 3 is 2.88 bits per heavy atom. The molecule has 2 heterocycles. The van der Waals surface area contributed by atoms with E-state index in [2.05, 4.69) is 41.9 Å². The Morgan fingerprint density at radius 1 is 1.25 bits per heavy atom. The lowest BCUT2D eigenvalue weighted by Crippen LogP contribution is -2.36. The maximum absolute atomic E-state index is 12.5. The van der Waals surface area contributed by atoms with Crippen molar-refractivity contribution in [2.45, 2.75) is 65.1 Å². The molecule has 1 fully saturated rings. The van der Waals surface area contributed by atoms with E-state index in [0.29, 0.717) is 13.2 Å². The molecule has 0 spiro atoms. The van der Waals surface area contributed by atoms with Crippen molar-refractivity contribution in [3.8, 4) is 5.75 Å². The van der Waals surface area contributed by atoms with Gasteiger partial charge in [0.2, 0.25) is 5.91 Å². The highest BCUT2D eigenvalue weighted by Crippen LogP contribution is 2.23. The first-order valence-electron chi connectivity index (χ1n) is 11.6. The van der Waals surface area contributed by atoms with Gasteiger partial charge in [-0.15, -0.1) is 0 Å². The normalized spacial score (nSPS) is 16.9. The van der Waals surface area contributed by atoms with Gasteiger partial charge in [-0.25, -0.2) is 4.98 Å². The van der Waals surface area contributed by atoms with E-state index in [-0.39, 0.29) is 18.1 Å². The molecule has 170 valence electrons. The molecule has 1 N–H and O–H groups in total. The van der Waals surface area contributed by atoms with Crippen LogP contribution in [0.25, 0.3) is 11.0 Å². The number of aromatic nitrogens is 2. The highest BCUT2D eigenvalue weighted by Gasteiger charge is 2.26. The van der Waals surface area contributed by atoms with Crippen LogP contribution in [0, 0.1) is 13.8 Å². The fourth-order valence-corrected chi connectivity index (χ4v) is 4.33. The summed E-state index contributed by atoms with van der Waals surface area (Å²) in [6.45, 7) is 8.33. The first-order valence-corrected chi connectivity index (χ1v) is 11.6. The summed E-state index contributed by atoms with van der Waals surface area (Å²) < 4.78 is 13.7. The number of benzene rings is 2. The molecule has 1 aliphatic rings. The van der Waals surface area contributed by atoms with Gasteiger partial charge in [-0.3, -0.25) is 4.79 Å². The maximum Gasteiger partial charge on any atom is 0.249 e. The number of unbranched alkanes of at least 4 members (excludes halogenated alkanes) is 1. The van der Waals surface area contributed by atoms with Crippen LogP contribution in [0.3, 0.4) is 0 Å². The predicted molar refractivity (Wildman–Crippen MR) is 126 cm³/mol. The standard InChI is InChI=1S/C26H33N3O3/c1-18-12-13-23(19(2)17-18)31-15-7-6-14-29-22-10-5-4-9-21(22)28-25(29)20(3)27-26(30)24-11-8-16-32-24/h4-5,9-10,12-13,17,20,24H,6-8,11,14-16H2,1-3H3,(H,27,30). The molecule has 1 saturated heterocycles. The molecule has 2 aromatic carbocycles. The van der Waals surface area contributed by atoms with E-state index in [1.165, 1.54) is 11.1 Å². The molecule has 2 unspecified atom stereocenters. The lowest BCUT2D eigenvalue weighted by atomic mass is 10.1. The number of imidazole rings is 1. The molecule has 2 atom stereocenters. The smallest absolute Gasteiger partial charge is 0.249 e. The number of rotatable bonds is 9. The number of aryl methyl sites for hydroxylation is 3. The van der Waals surface area contributed by atoms with Gasteiger partial charge in [-0.2, -0.15) is 0 Å². The highest BCUT2D eigenvalue weighted by atomic mass is 16.5. The van der Waals surface area contributed by atoms with E-state index < -0.39 is 0 Å². The van der Waals surface area contributed by atoms with E-state index in [4.69, 9.17) is 14.5 Å². The van der Waals surface area contributed by atoms with Gasteiger partial charge >= 0.3 is 0 Å². The third kappa shape index (κ3) is 5.13. The Kier molecular flexibility index (Phi) is 7.10. The summed E-state index contributed by atoms with van der Waals surface area (Å²) in [5.41, 5.74) is 4.46. The molecular formula is C26H33N3O3. The summed E-state index contributed by atoms with van der Waals surface area (Å²) in [6, 6.07) is 14.2. The minimum absolute atomic E-state index is 0.0459. The molecule has 3 aromatic rings. The second kappa shape index (κ2) is 10.2. The number of amides is 1. The lowest BCUT2D eigenvalue weighted by molar-refractivity contribution is -0.130. The summed E-state index contributed by atoms with van der Waals surface area (Å²) in [5, 5.41) is 3.10. The Balaban J connectivity index is 1.39. The molecule has 1 aliphatic heterocycles. The third-order valence-corrected chi connectivity index (χ3v) is 6.02. The lowest BCUT2D eigenvalue weighted by Gasteiger charge is -2.18. The summed E-state index contributed by atoms with van der Waals surface area (Å²) in [4.78, 5) is 17.4. The van der Waals surface area contributed by atoms with E-state index in [1.807, 2.05) is 31.2 Å². The minimum atomic E-state index is -0.336. The number of fused-ring (bicyclic) bond motifs is 1. The molecule has 1 aromatic heterocycles. The van der Waals surface area contributed by atoms with Gasteiger partial charge < -0.3 is 19.4 Å². The number of hydrogen-bond donors (Lipinski definition) is 1. The average Bonchev–Trinajstić information content (AvgIpc) is 3.43. The van der Waals surface area contributed by atoms with Crippen LogP contribution in [-0.4, -0.2) is 34.8 Å². The fourth-order valence-electron chi connectivity index (χ4n) is 4.33. The van der Waals surface area contributed by atoms with Crippen LogP contribution < -0.4 is 10.1 Å². The largest absolute Gasteiger partial charge is 0.493 e. The molecule has 6 heteroatoms. The van der Waals surface area contributed by atoms with Gasteiger partial charge in [0.15, 0.2) is 0 Å². The number of nitrogens with zero attached hydrogens (tertiary/aromatic N) is 2. The Bertz CT molecular complexity index is 1070. The third-order valence-electron chi connectivity index (χ3n) is 6.02. The number of para-hydroxylation sites is 2. The molecule has 1 amide bonds. The zero-order valence-electron chi connectivity index (χ0n) is 19.3. The van der Waals surface area contributed by atoms with Crippen molar-refractivity contribution in [3.05, 3.63) is 59.4 Å². The van der Waals surface area contributed by atoms with E-state index in [0.717, 1.165) is 54.8 Å². The Labute approximate surface area is 189 Å². The van der Waals surface area contributed by atoms with Crippen LogP contribution in [0.4, 0.5) is 0 Å². The van der Waals surface area contributed by atoms with Gasteiger partial charge in [0.1, 0.15) is 17.7 Å². The topological polar surface area (TPSA) is 65.4 Å². The molecule has 0 radical (unpaired) electrons. The first kappa shape index (κ1) is 22.3. The van der Waals surface area contributed by atoms with Crippen LogP contribution >= 0.6 is 0 Å². The summed E-state index contributed by atoms with van der Waals surface area (Å²) in [5.74, 6) is 1.79. The van der Waals surface area contributed by atoms with Crippen molar-refractivity contribution in [1.82, 2.24) is 14.9 Å². The van der Waals surface area contributed by atoms with Gasteiger partial charge in [-0.1, -0.05) is 29.8 Å². The molecule has 4 rings (SSSR count). The molecule has 0 bridgehead atoms. The fraction of sp³-hybridized carbons (Fsp3) is 0.462. The second-order valence-electron chi connectivity index (χ2n) is 8.67. The number of carbonyl (C=O) groups excluding carboxylic acids is 1. The minimum Gasteiger partial charge on any atom is -0.493 e. The van der Waals surface area contributed by atoms with Crippen LogP contribution in [0.2, 0.25) is 0 Å². The first-order chi connectivity index (χ1) is 15.5. The van der Waals surface area contributed by atoms with Gasteiger partial charge in [-0.05, 0) is 70.2 Å². The molecule has 0 saturated carbocycles. The van der Waals surface area contributed by atoms with Crippen molar-refractivity contribution >= 4 is 16.9 Å². The molecule has 0 aliphatic carbocycles. The van der Waals surface area contributed by atoms with Crippen LogP contribution in [0.5, 0.6) is 5.75 Å². The molecular weight excluding hydrogens is 402 g/mol. The van der Waals surface area contributed by atoms with Crippen LogP contribution in [0.1, 0.15) is 55.6 Å². The van der Waals surface area contributed by atoms with Crippen LogP contribution in [0.15, 0.2) is 42.5 Å². The van der Waals surface area contributed by atoms with E-state index in [1.54, 1.807) is 0 Å². The zero-order chi connectivity index (χ0) is 22.5. The summed E-state index contributed by atoms with van der Waals surface area (Å²) >= 11 is 0. The van der Waals surface area contributed by atoms with E-state index in [9.17, 15) is 4.79 Å². The van der Waals surface area contributed by atoms with Gasteiger partial charge in [0, 0.05) is 13.2 Å². The molecule has 32 heavy (non-hydrogen) atoms. The van der Waals surface area contributed by atoms with Crippen molar-refractivity contribution in [2.24, 2.45) is 0 Å². The zero-order valence-corrected chi connectivity index (χ0v) is 19.3. The number of carbonyl (C=O) groups is 1. The summed E-state index contributed by atoms with van der Waals surface area (Å²) in [6.07, 6.45) is 3.29. The number of ether oxygens (including phenoxy) is 2. The second-order valence-corrected chi connectivity index (χ2v) is 8.67. The Hall–Kier alpha value is -2.86. The van der Waals surface area contributed by atoms with Crippen molar-refractivity contribution in [3.63, 3.8) is 0 Å². The predicted octanol–water partition coefficient (Wildman–Crippen LogP) is 4.87. The average molecular weight is 436 g/mol. The maximum atomic E-state index is 12.5.